The van der Waals surface area contributed by atoms with E-state index < -0.39 is 29.3 Å². The lowest BCUT2D eigenvalue weighted by atomic mass is 9.92. The fourth-order valence-corrected chi connectivity index (χ4v) is 4.36. The monoisotopic (exact) mass is 458 g/mol. The number of β-amino-alcohol motifs (C(OH)–C–C–N with tert-alkyl or cyclic N) is 1. The van der Waals surface area contributed by atoms with Gasteiger partial charge in [-0.2, -0.15) is 14.4 Å². The number of rotatable bonds is 8. The summed E-state index contributed by atoms with van der Waals surface area (Å²) < 4.78 is 15.0. The molecule has 1 aliphatic carbocycles. The fraction of sp³-hybridized carbons (Fsp3) is 0.684. The molecule has 31 heavy (non-hydrogen) atoms. The van der Waals surface area contributed by atoms with Crippen molar-refractivity contribution in [1.82, 2.24) is 20.7 Å². The molecule has 0 spiro atoms. The Morgan fingerprint density at radius 3 is 2.68 bits per heavy atom. The Kier molecular flexibility index (Phi) is 7.37. The molecule has 1 aromatic rings. The van der Waals surface area contributed by atoms with Crippen molar-refractivity contribution in [2.24, 2.45) is 11.8 Å². The third kappa shape index (κ3) is 6.30. The molecule has 3 rings (SSSR count). The number of carbonyl (C=O) groups excluding carboxylic acids is 1. The first-order valence-corrected chi connectivity index (χ1v) is 10.8. The van der Waals surface area contributed by atoms with Gasteiger partial charge in [-0.05, 0) is 37.3 Å². The van der Waals surface area contributed by atoms with Crippen LogP contribution in [-0.4, -0.2) is 57.4 Å². The molecule has 2 amide bonds. The molecule has 10 nitrogen and oxygen atoms in total. The lowest BCUT2D eigenvalue weighted by Crippen LogP contribution is -2.42. The molecule has 2 atom stereocenters. The van der Waals surface area contributed by atoms with Gasteiger partial charge in [-0.15, -0.1) is 0 Å². The SMILES string of the molecule is CC1(O)CCN(c2nc(Cl)nc(NNC(=O)[C@@H](CNC(=O)O)CC3CCCC3)c2F)C1. The Morgan fingerprint density at radius 2 is 2.06 bits per heavy atom. The molecule has 2 aliphatic rings. The second-order valence-corrected chi connectivity index (χ2v) is 8.87. The molecule has 2 fully saturated rings. The highest BCUT2D eigenvalue weighted by molar-refractivity contribution is 6.28. The molecule has 2 heterocycles. The Morgan fingerprint density at radius 1 is 1.35 bits per heavy atom. The number of aliphatic hydroxyl groups is 1. The Labute approximate surface area is 184 Å². The van der Waals surface area contributed by atoms with Crippen molar-refractivity contribution in [2.75, 3.05) is 30.0 Å². The number of aromatic nitrogens is 2. The number of anilines is 2. The maximum Gasteiger partial charge on any atom is 0.404 e. The molecule has 172 valence electrons. The van der Waals surface area contributed by atoms with Gasteiger partial charge in [0, 0.05) is 19.6 Å². The fourth-order valence-electron chi connectivity index (χ4n) is 4.19. The van der Waals surface area contributed by atoms with E-state index in [0.717, 1.165) is 25.7 Å². The molecule has 0 bridgehead atoms. The third-order valence-electron chi connectivity index (χ3n) is 5.82. The van der Waals surface area contributed by atoms with Gasteiger partial charge in [-0.3, -0.25) is 15.6 Å². The Balaban J connectivity index is 1.67. The van der Waals surface area contributed by atoms with Crippen LogP contribution >= 0.6 is 11.6 Å². The van der Waals surface area contributed by atoms with Gasteiger partial charge in [0.2, 0.25) is 17.0 Å². The van der Waals surface area contributed by atoms with Gasteiger partial charge in [-0.25, -0.2) is 4.79 Å². The zero-order valence-electron chi connectivity index (χ0n) is 17.3. The number of hydrazine groups is 1. The topological polar surface area (TPSA) is 140 Å². The van der Waals surface area contributed by atoms with Gasteiger partial charge in [0.1, 0.15) is 0 Å². The minimum atomic E-state index is -1.21. The van der Waals surface area contributed by atoms with Crippen LogP contribution in [0.3, 0.4) is 0 Å². The van der Waals surface area contributed by atoms with Crippen molar-refractivity contribution in [1.29, 1.82) is 0 Å². The number of nitrogens with one attached hydrogen (secondary N) is 3. The smallest absolute Gasteiger partial charge is 0.404 e. The summed E-state index contributed by atoms with van der Waals surface area (Å²) in [5.41, 5.74) is 3.91. The molecule has 1 aromatic heterocycles. The quantitative estimate of drug-likeness (QED) is 0.295. The van der Waals surface area contributed by atoms with Gasteiger partial charge in [-0.1, -0.05) is 25.7 Å². The first-order chi connectivity index (χ1) is 14.6. The summed E-state index contributed by atoms with van der Waals surface area (Å²) in [4.78, 5) is 32.9. The summed E-state index contributed by atoms with van der Waals surface area (Å²) in [6, 6.07) is 0. The Hall–Kier alpha value is -2.40. The largest absolute Gasteiger partial charge is 0.465 e. The average molecular weight is 459 g/mol. The highest BCUT2D eigenvalue weighted by Crippen LogP contribution is 2.31. The number of carbonyl (C=O) groups is 2. The van der Waals surface area contributed by atoms with Crippen LogP contribution < -0.4 is 21.1 Å². The first-order valence-electron chi connectivity index (χ1n) is 10.4. The molecule has 0 aromatic carbocycles. The van der Waals surface area contributed by atoms with Crippen molar-refractivity contribution >= 4 is 35.2 Å². The van der Waals surface area contributed by atoms with E-state index in [1.165, 1.54) is 0 Å². The van der Waals surface area contributed by atoms with Gasteiger partial charge in [0.25, 0.3) is 0 Å². The van der Waals surface area contributed by atoms with Crippen LogP contribution in [-0.2, 0) is 4.79 Å². The van der Waals surface area contributed by atoms with E-state index in [2.05, 4.69) is 26.1 Å². The number of nitrogens with zero attached hydrogens (tertiary/aromatic N) is 3. The molecule has 5 N–H and O–H groups in total. The van der Waals surface area contributed by atoms with Gasteiger partial charge in [0.05, 0.1) is 11.5 Å². The summed E-state index contributed by atoms with van der Waals surface area (Å²) >= 11 is 5.94. The number of hydrogen-bond acceptors (Lipinski definition) is 7. The van der Waals surface area contributed by atoms with Crippen LogP contribution in [0.15, 0.2) is 0 Å². The van der Waals surface area contributed by atoms with E-state index >= 15 is 0 Å². The molecule has 1 aliphatic heterocycles. The van der Waals surface area contributed by atoms with E-state index in [1.807, 2.05) is 0 Å². The van der Waals surface area contributed by atoms with Gasteiger partial charge >= 0.3 is 6.09 Å². The van der Waals surface area contributed by atoms with Gasteiger partial charge in [0.15, 0.2) is 11.6 Å². The summed E-state index contributed by atoms with van der Waals surface area (Å²) in [5.74, 6) is -1.91. The summed E-state index contributed by atoms with van der Waals surface area (Å²) in [7, 11) is 0. The summed E-state index contributed by atoms with van der Waals surface area (Å²) in [6.07, 6.45) is 3.98. The standard InChI is InChI=1S/C19H28ClFN6O4/c1-19(31)6-7-27(10-19)15-13(21)14(23-17(20)24-15)25-26-16(28)12(9-22-18(29)30)8-11-4-2-3-5-11/h11-12,22,31H,2-10H2,1H3,(H,26,28)(H,29,30)(H,23,24,25)/t12-,19?/m1/s1. The summed E-state index contributed by atoms with van der Waals surface area (Å²) in [6.45, 7) is 2.20. The molecular formula is C19H28ClFN6O4. The summed E-state index contributed by atoms with van der Waals surface area (Å²) in [5, 5.41) is 21.1. The predicted octanol–water partition coefficient (Wildman–Crippen LogP) is 2.14. The van der Waals surface area contributed by atoms with Crippen LogP contribution in [0.4, 0.5) is 20.8 Å². The second-order valence-electron chi connectivity index (χ2n) is 8.53. The molecule has 1 saturated heterocycles. The molecule has 12 heteroatoms. The second kappa shape index (κ2) is 9.82. The predicted molar refractivity (Wildman–Crippen MR) is 112 cm³/mol. The molecule has 0 radical (unpaired) electrons. The van der Waals surface area contributed by atoms with Crippen LogP contribution in [0.1, 0.15) is 45.4 Å². The van der Waals surface area contributed by atoms with Crippen molar-refractivity contribution in [3.8, 4) is 0 Å². The van der Waals surface area contributed by atoms with Crippen LogP contribution in [0.2, 0.25) is 5.28 Å². The molecule has 1 saturated carbocycles. The van der Waals surface area contributed by atoms with Crippen molar-refractivity contribution < 1.29 is 24.2 Å². The van der Waals surface area contributed by atoms with Crippen LogP contribution in [0.5, 0.6) is 0 Å². The minimum absolute atomic E-state index is 0.0412. The molecular weight excluding hydrogens is 431 g/mol. The number of halogens is 2. The molecule has 1 unspecified atom stereocenters. The van der Waals surface area contributed by atoms with E-state index in [9.17, 15) is 19.1 Å². The maximum absolute atomic E-state index is 15.0. The maximum atomic E-state index is 15.0. The number of amides is 2. The van der Waals surface area contributed by atoms with E-state index in [-0.39, 0.29) is 30.0 Å². The van der Waals surface area contributed by atoms with Crippen LogP contribution in [0, 0.1) is 17.7 Å². The van der Waals surface area contributed by atoms with Crippen molar-refractivity contribution in [3.63, 3.8) is 0 Å². The number of hydrogen-bond donors (Lipinski definition) is 5. The zero-order chi connectivity index (χ0) is 22.6. The van der Waals surface area contributed by atoms with E-state index in [1.54, 1.807) is 11.8 Å². The minimum Gasteiger partial charge on any atom is -0.465 e. The van der Waals surface area contributed by atoms with Crippen LogP contribution in [0.25, 0.3) is 0 Å². The first kappa shape index (κ1) is 23.3. The lowest BCUT2D eigenvalue weighted by Gasteiger charge is -2.22. The normalized spacial score (nSPS) is 22.4. The number of carboxylic acid groups (broad SMARTS) is 1. The van der Waals surface area contributed by atoms with Crippen molar-refractivity contribution in [3.05, 3.63) is 11.1 Å². The third-order valence-corrected chi connectivity index (χ3v) is 5.99. The van der Waals surface area contributed by atoms with Gasteiger partial charge < -0.3 is 20.4 Å². The zero-order valence-corrected chi connectivity index (χ0v) is 18.1. The highest BCUT2D eigenvalue weighted by Gasteiger charge is 2.34. The van der Waals surface area contributed by atoms with E-state index in [0.29, 0.717) is 25.3 Å². The van der Waals surface area contributed by atoms with E-state index in [4.69, 9.17) is 16.7 Å². The average Bonchev–Trinajstić information content (AvgIpc) is 3.34. The lowest BCUT2D eigenvalue weighted by molar-refractivity contribution is -0.124. The highest BCUT2D eigenvalue weighted by atomic mass is 35.5. The Bertz CT molecular complexity index is 821. The van der Waals surface area contributed by atoms with Crippen molar-refractivity contribution in [2.45, 2.75) is 51.0 Å².